The Morgan fingerprint density at radius 2 is 1.85 bits per heavy atom. The largest absolute Gasteiger partial charge is 0.342 e. The summed E-state index contributed by atoms with van der Waals surface area (Å²) >= 11 is 0. The monoisotopic (exact) mass is 283 g/mol. The molecule has 1 unspecified atom stereocenters. The van der Waals surface area contributed by atoms with Gasteiger partial charge in [-0.25, -0.2) is 0 Å². The van der Waals surface area contributed by atoms with Crippen LogP contribution >= 0.6 is 0 Å². The van der Waals surface area contributed by atoms with Gasteiger partial charge in [0.15, 0.2) is 0 Å². The second-order valence-corrected chi connectivity index (χ2v) is 6.24. The van der Waals surface area contributed by atoms with Gasteiger partial charge in [0, 0.05) is 20.1 Å². The standard InChI is InChI=1S/C15H29N3O2/c1-6-18(7-2)12(19)11-17(5)14(20)13-15(3,4)9-8-10-16-13/h13,16H,6-11H2,1-5H3. The quantitative estimate of drug-likeness (QED) is 0.822. The predicted molar refractivity (Wildman–Crippen MR) is 80.4 cm³/mol. The normalized spacial score (nSPS) is 21.4. The first-order chi connectivity index (χ1) is 9.33. The van der Waals surface area contributed by atoms with E-state index in [0.29, 0.717) is 13.1 Å². The Morgan fingerprint density at radius 1 is 1.25 bits per heavy atom. The SMILES string of the molecule is CCN(CC)C(=O)CN(C)C(=O)C1NCCCC1(C)C. The Morgan fingerprint density at radius 3 is 2.35 bits per heavy atom. The molecule has 1 fully saturated rings. The smallest absolute Gasteiger partial charge is 0.242 e. The van der Waals surface area contributed by atoms with Gasteiger partial charge in [-0.3, -0.25) is 9.59 Å². The van der Waals surface area contributed by atoms with Gasteiger partial charge in [0.05, 0.1) is 12.6 Å². The van der Waals surface area contributed by atoms with Gasteiger partial charge < -0.3 is 15.1 Å². The van der Waals surface area contributed by atoms with Crippen LogP contribution in [0.1, 0.15) is 40.5 Å². The fourth-order valence-electron chi connectivity index (χ4n) is 2.81. The molecular formula is C15H29N3O2. The Labute approximate surface area is 122 Å². The summed E-state index contributed by atoms with van der Waals surface area (Å²) < 4.78 is 0. The lowest BCUT2D eigenvalue weighted by atomic mass is 9.77. The Kier molecular flexibility index (Phi) is 5.99. The van der Waals surface area contributed by atoms with Crippen LogP contribution in [-0.2, 0) is 9.59 Å². The molecule has 1 N–H and O–H groups in total. The molecule has 0 aromatic rings. The van der Waals surface area contributed by atoms with E-state index >= 15 is 0 Å². The van der Waals surface area contributed by atoms with Gasteiger partial charge in [-0.1, -0.05) is 13.8 Å². The molecule has 0 bridgehead atoms. The highest BCUT2D eigenvalue weighted by Gasteiger charge is 2.38. The van der Waals surface area contributed by atoms with E-state index in [1.54, 1.807) is 16.8 Å². The van der Waals surface area contributed by atoms with E-state index in [1.165, 1.54) is 0 Å². The third-order valence-corrected chi connectivity index (χ3v) is 4.24. The van der Waals surface area contributed by atoms with Gasteiger partial charge in [-0.2, -0.15) is 0 Å². The topological polar surface area (TPSA) is 52.7 Å². The zero-order chi connectivity index (χ0) is 15.3. The van der Waals surface area contributed by atoms with Crippen LogP contribution in [0, 0.1) is 5.41 Å². The fourth-order valence-corrected chi connectivity index (χ4v) is 2.81. The van der Waals surface area contributed by atoms with Crippen molar-refractivity contribution in [3.63, 3.8) is 0 Å². The summed E-state index contributed by atoms with van der Waals surface area (Å²) in [5.41, 5.74) is -0.0537. The summed E-state index contributed by atoms with van der Waals surface area (Å²) in [4.78, 5) is 27.9. The average Bonchev–Trinajstić information content (AvgIpc) is 2.38. The van der Waals surface area contributed by atoms with Crippen LogP contribution in [-0.4, -0.2) is 60.9 Å². The van der Waals surface area contributed by atoms with E-state index in [2.05, 4.69) is 19.2 Å². The van der Waals surface area contributed by atoms with Crippen LogP contribution in [0.15, 0.2) is 0 Å². The highest BCUT2D eigenvalue weighted by Crippen LogP contribution is 2.30. The van der Waals surface area contributed by atoms with Crippen molar-refractivity contribution in [3.05, 3.63) is 0 Å². The second kappa shape index (κ2) is 7.07. The summed E-state index contributed by atoms with van der Waals surface area (Å²) in [5.74, 6) is 0.0367. The van der Waals surface area contributed by atoms with Gasteiger partial charge in [-0.15, -0.1) is 0 Å². The zero-order valence-electron chi connectivity index (χ0n) is 13.5. The summed E-state index contributed by atoms with van der Waals surface area (Å²) in [5, 5.41) is 3.30. The minimum Gasteiger partial charge on any atom is -0.342 e. The predicted octanol–water partition coefficient (Wildman–Crippen LogP) is 1.09. The average molecular weight is 283 g/mol. The molecule has 5 heteroatoms. The van der Waals surface area contributed by atoms with E-state index < -0.39 is 0 Å². The highest BCUT2D eigenvalue weighted by molar-refractivity contribution is 5.88. The lowest BCUT2D eigenvalue weighted by molar-refractivity contribution is -0.142. The number of carbonyl (C=O) groups is 2. The molecule has 0 aromatic heterocycles. The van der Waals surface area contributed by atoms with Crippen molar-refractivity contribution < 1.29 is 9.59 Å². The van der Waals surface area contributed by atoms with Crippen molar-refractivity contribution in [2.75, 3.05) is 33.2 Å². The number of rotatable bonds is 5. The molecule has 0 radical (unpaired) electrons. The Bertz CT molecular complexity index is 351. The maximum atomic E-state index is 12.5. The van der Waals surface area contributed by atoms with E-state index in [9.17, 15) is 9.59 Å². The van der Waals surface area contributed by atoms with Crippen LogP contribution in [0.3, 0.4) is 0 Å². The maximum absolute atomic E-state index is 12.5. The molecule has 2 amide bonds. The third kappa shape index (κ3) is 3.95. The third-order valence-electron chi connectivity index (χ3n) is 4.24. The number of amides is 2. The van der Waals surface area contributed by atoms with Crippen LogP contribution in [0.2, 0.25) is 0 Å². The Balaban J connectivity index is 2.64. The Hall–Kier alpha value is -1.10. The molecule has 1 saturated heterocycles. The second-order valence-electron chi connectivity index (χ2n) is 6.24. The number of piperidine rings is 1. The van der Waals surface area contributed by atoms with Crippen molar-refractivity contribution in [3.8, 4) is 0 Å². The molecule has 0 saturated carbocycles. The van der Waals surface area contributed by atoms with Crippen molar-refractivity contribution in [1.82, 2.24) is 15.1 Å². The first kappa shape index (κ1) is 17.0. The fraction of sp³-hybridized carbons (Fsp3) is 0.867. The number of hydrogen-bond acceptors (Lipinski definition) is 3. The number of carbonyl (C=O) groups excluding carboxylic acids is 2. The molecule has 1 aliphatic rings. The van der Waals surface area contributed by atoms with Crippen LogP contribution in [0.25, 0.3) is 0 Å². The van der Waals surface area contributed by atoms with Crippen molar-refractivity contribution in [1.29, 1.82) is 0 Å². The molecule has 5 nitrogen and oxygen atoms in total. The van der Waals surface area contributed by atoms with E-state index in [4.69, 9.17) is 0 Å². The molecule has 0 spiro atoms. The van der Waals surface area contributed by atoms with Gasteiger partial charge in [-0.05, 0) is 38.6 Å². The molecular weight excluding hydrogens is 254 g/mol. The van der Waals surface area contributed by atoms with Crippen molar-refractivity contribution >= 4 is 11.8 Å². The molecule has 1 atom stereocenters. The molecule has 1 rings (SSSR count). The van der Waals surface area contributed by atoms with Crippen molar-refractivity contribution in [2.24, 2.45) is 5.41 Å². The van der Waals surface area contributed by atoms with Crippen LogP contribution in [0.4, 0.5) is 0 Å². The van der Waals surface area contributed by atoms with Crippen LogP contribution < -0.4 is 5.32 Å². The van der Waals surface area contributed by atoms with Crippen LogP contribution in [0.5, 0.6) is 0 Å². The lowest BCUT2D eigenvalue weighted by Gasteiger charge is -2.40. The van der Waals surface area contributed by atoms with Gasteiger partial charge in [0.25, 0.3) is 0 Å². The summed E-state index contributed by atoms with van der Waals surface area (Å²) in [6.45, 7) is 10.5. The number of hydrogen-bond donors (Lipinski definition) is 1. The molecule has 1 aliphatic heterocycles. The molecule has 20 heavy (non-hydrogen) atoms. The number of nitrogens with one attached hydrogen (secondary N) is 1. The first-order valence-corrected chi connectivity index (χ1v) is 7.59. The van der Waals surface area contributed by atoms with Crippen molar-refractivity contribution in [2.45, 2.75) is 46.6 Å². The highest BCUT2D eigenvalue weighted by atomic mass is 16.2. The number of nitrogens with zero attached hydrogens (tertiary/aromatic N) is 2. The van der Waals surface area contributed by atoms with E-state index in [0.717, 1.165) is 19.4 Å². The first-order valence-electron chi connectivity index (χ1n) is 7.59. The van der Waals surface area contributed by atoms with E-state index in [1.807, 2.05) is 13.8 Å². The zero-order valence-corrected chi connectivity index (χ0v) is 13.5. The minimum absolute atomic E-state index is 0.0134. The lowest BCUT2D eigenvalue weighted by Crippen LogP contribution is -2.57. The molecule has 0 aliphatic carbocycles. The van der Waals surface area contributed by atoms with E-state index in [-0.39, 0.29) is 29.8 Å². The minimum atomic E-state index is -0.189. The van der Waals surface area contributed by atoms with Gasteiger partial charge in [0.2, 0.25) is 11.8 Å². The number of likely N-dealkylation sites (N-methyl/N-ethyl adjacent to an activating group) is 2. The van der Waals surface area contributed by atoms with Gasteiger partial charge in [0.1, 0.15) is 0 Å². The summed E-state index contributed by atoms with van der Waals surface area (Å²) in [7, 11) is 1.72. The van der Waals surface area contributed by atoms with Gasteiger partial charge >= 0.3 is 0 Å². The maximum Gasteiger partial charge on any atom is 0.242 e. The molecule has 116 valence electrons. The molecule has 0 aromatic carbocycles. The molecule has 1 heterocycles. The summed E-state index contributed by atoms with van der Waals surface area (Å²) in [6, 6.07) is -0.189. The summed E-state index contributed by atoms with van der Waals surface area (Å²) in [6.07, 6.45) is 2.13.